The van der Waals surface area contributed by atoms with E-state index in [0.29, 0.717) is 35.6 Å². The van der Waals surface area contributed by atoms with Crippen molar-refractivity contribution in [2.75, 3.05) is 0 Å². The zero-order chi connectivity index (χ0) is 17.8. The number of para-hydroxylation sites is 1. The number of rotatable bonds is 6. The summed E-state index contributed by atoms with van der Waals surface area (Å²) in [7, 11) is 0. The zero-order valence-corrected chi connectivity index (χ0v) is 15.1. The molecule has 1 N–H and O–H groups in total. The third-order valence-corrected chi connectivity index (χ3v) is 5.17. The molecule has 0 radical (unpaired) electrons. The van der Waals surface area contributed by atoms with Crippen LogP contribution in [0.2, 0.25) is 0 Å². The van der Waals surface area contributed by atoms with Gasteiger partial charge in [0.05, 0.1) is 17.4 Å². The van der Waals surface area contributed by atoms with Gasteiger partial charge >= 0.3 is 0 Å². The molecule has 0 atom stereocenters. The molecule has 134 valence electrons. The second kappa shape index (κ2) is 7.81. The Labute approximate surface area is 148 Å². The van der Waals surface area contributed by atoms with Gasteiger partial charge in [-0.1, -0.05) is 37.8 Å². The lowest BCUT2D eigenvalue weighted by Gasteiger charge is -2.27. The Balaban J connectivity index is 1.72. The van der Waals surface area contributed by atoms with Crippen LogP contribution in [0.4, 0.5) is 0 Å². The van der Waals surface area contributed by atoms with Crippen LogP contribution >= 0.6 is 0 Å². The molecule has 0 bridgehead atoms. The van der Waals surface area contributed by atoms with Crippen LogP contribution in [0.15, 0.2) is 29.1 Å². The number of nitrogens with one attached hydrogen (secondary N) is 1. The molecule has 1 aliphatic carbocycles. The molecule has 0 saturated heterocycles. The molecule has 1 heterocycles. The van der Waals surface area contributed by atoms with E-state index in [4.69, 9.17) is 0 Å². The molecule has 1 amide bonds. The van der Waals surface area contributed by atoms with Gasteiger partial charge in [0.25, 0.3) is 5.56 Å². The fraction of sp³-hybridized carbons (Fsp3) is 0.550. The van der Waals surface area contributed by atoms with Crippen molar-refractivity contribution in [2.45, 2.75) is 65.0 Å². The van der Waals surface area contributed by atoms with Crippen LogP contribution in [0.3, 0.4) is 0 Å². The molecular formula is C20H27N3O2. The van der Waals surface area contributed by atoms with E-state index in [1.165, 1.54) is 25.7 Å². The summed E-state index contributed by atoms with van der Waals surface area (Å²) in [6.45, 7) is 4.36. The molecule has 1 aromatic heterocycles. The van der Waals surface area contributed by atoms with Crippen LogP contribution in [0.25, 0.3) is 10.9 Å². The lowest BCUT2D eigenvalue weighted by atomic mass is 10.0. The number of aromatic nitrogens is 2. The quantitative estimate of drug-likeness (QED) is 0.872. The summed E-state index contributed by atoms with van der Waals surface area (Å²) < 4.78 is 0. The maximum atomic E-state index is 12.7. The molecule has 5 heteroatoms. The van der Waals surface area contributed by atoms with Crippen LogP contribution < -0.4 is 5.56 Å². The Morgan fingerprint density at radius 1 is 1.28 bits per heavy atom. The minimum absolute atomic E-state index is 0.0767. The van der Waals surface area contributed by atoms with Gasteiger partial charge in [-0.3, -0.25) is 9.59 Å². The van der Waals surface area contributed by atoms with Gasteiger partial charge in [-0.05, 0) is 38.3 Å². The van der Waals surface area contributed by atoms with E-state index in [2.05, 4.69) is 9.97 Å². The second-order valence-electron chi connectivity index (χ2n) is 7.33. The number of carbonyl (C=O) groups is 1. The van der Waals surface area contributed by atoms with E-state index in [0.717, 1.165) is 6.42 Å². The fourth-order valence-electron chi connectivity index (χ4n) is 3.70. The SMILES string of the molecule is CC(C)N(Cc1nc2ccccc2c(=O)[nH]1)C(=O)CCC1CCCC1. The van der Waals surface area contributed by atoms with Gasteiger partial charge in [0.1, 0.15) is 5.82 Å². The normalized spacial score (nSPS) is 15.2. The third-order valence-electron chi connectivity index (χ3n) is 5.17. The number of carbonyl (C=O) groups excluding carboxylic acids is 1. The van der Waals surface area contributed by atoms with E-state index in [1.54, 1.807) is 6.07 Å². The lowest BCUT2D eigenvalue weighted by molar-refractivity contribution is -0.134. The highest BCUT2D eigenvalue weighted by Crippen LogP contribution is 2.28. The molecular weight excluding hydrogens is 314 g/mol. The monoisotopic (exact) mass is 341 g/mol. The maximum Gasteiger partial charge on any atom is 0.258 e. The van der Waals surface area contributed by atoms with E-state index in [9.17, 15) is 9.59 Å². The van der Waals surface area contributed by atoms with Crippen molar-refractivity contribution in [1.29, 1.82) is 0 Å². The third kappa shape index (κ3) is 4.27. The summed E-state index contributed by atoms with van der Waals surface area (Å²) in [5, 5.41) is 0.579. The summed E-state index contributed by atoms with van der Waals surface area (Å²) in [6, 6.07) is 7.36. The molecule has 3 rings (SSSR count). The summed E-state index contributed by atoms with van der Waals surface area (Å²) in [4.78, 5) is 34.1. The first-order valence-corrected chi connectivity index (χ1v) is 9.32. The average molecular weight is 341 g/mol. The highest BCUT2D eigenvalue weighted by molar-refractivity contribution is 5.78. The number of hydrogen-bond donors (Lipinski definition) is 1. The molecule has 1 fully saturated rings. The van der Waals surface area contributed by atoms with E-state index < -0.39 is 0 Å². The Kier molecular flexibility index (Phi) is 5.51. The highest BCUT2D eigenvalue weighted by Gasteiger charge is 2.21. The van der Waals surface area contributed by atoms with E-state index in [-0.39, 0.29) is 17.5 Å². The Hall–Kier alpha value is -2.17. The minimum Gasteiger partial charge on any atom is -0.333 e. The van der Waals surface area contributed by atoms with Crippen LogP contribution in [0.5, 0.6) is 0 Å². The van der Waals surface area contributed by atoms with Crippen molar-refractivity contribution in [3.63, 3.8) is 0 Å². The van der Waals surface area contributed by atoms with Crippen LogP contribution in [0, 0.1) is 5.92 Å². The Bertz CT molecular complexity index is 791. The molecule has 1 saturated carbocycles. The van der Waals surface area contributed by atoms with Crippen LogP contribution in [0.1, 0.15) is 58.2 Å². The Morgan fingerprint density at radius 3 is 2.72 bits per heavy atom. The molecule has 2 aromatic rings. The largest absolute Gasteiger partial charge is 0.333 e. The van der Waals surface area contributed by atoms with Gasteiger partial charge in [0.2, 0.25) is 5.91 Å². The molecule has 1 aliphatic rings. The standard InChI is InChI=1S/C20H27N3O2/c1-14(2)23(19(24)12-11-15-7-3-4-8-15)13-18-21-17-10-6-5-9-16(17)20(25)22-18/h5-6,9-10,14-15H,3-4,7-8,11-13H2,1-2H3,(H,21,22,25). The first kappa shape index (κ1) is 17.6. The number of fused-ring (bicyclic) bond motifs is 1. The van der Waals surface area contributed by atoms with E-state index in [1.807, 2.05) is 36.9 Å². The van der Waals surface area contributed by atoms with Crippen molar-refractivity contribution >= 4 is 16.8 Å². The highest BCUT2D eigenvalue weighted by atomic mass is 16.2. The number of H-pyrrole nitrogens is 1. The minimum atomic E-state index is -0.150. The average Bonchev–Trinajstić information content (AvgIpc) is 3.11. The predicted molar refractivity (Wildman–Crippen MR) is 99.2 cm³/mol. The number of amides is 1. The number of hydrogen-bond acceptors (Lipinski definition) is 3. The van der Waals surface area contributed by atoms with Gasteiger partial charge in [-0.25, -0.2) is 4.98 Å². The Morgan fingerprint density at radius 2 is 2.00 bits per heavy atom. The van der Waals surface area contributed by atoms with E-state index >= 15 is 0 Å². The predicted octanol–water partition coefficient (Wildman–Crippen LogP) is 3.63. The summed E-state index contributed by atoms with van der Waals surface area (Å²) >= 11 is 0. The second-order valence-corrected chi connectivity index (χ2v) is 7.33. The first-order valence-electron chi connectivity index (χ1n) is 9.32. The lowest BCUT2D eigenvalue weighted by Crippen LogP contribution is -2.37. The molecule has 0 unspecified atom stereocenters. The van der Waals surface area contributed by atoms with Crippen molar-refractivity contribution in [2.24, 2.45) is 5.92 Å². The topological polar surface area (TPSA) is 66.1 Å². The van der Waals surface area contributed by atoms with Crippen LogP contribution in [-0.4, -0.2) is 26.8 Å². The van der Waals surface area contributed by atoms with Gasteiger partial charge in [0.15, 0.2) is 0 Å². The molecule has 0 spiro atoms. The molecule has 25 heavy (non-hydrogen) atoms. The van der Waals surface area contributed by atoms with Gasteiger partial charge in [-0.15, -0.1) is 0 Å². The van der Waals surface area contributed by atoms with Crippen molar-refractivity contribution in [3.05, 3.63) is 40.4 Å². The van der Waals surface area contributed by atoms with Gasteiger partial charge in [0, 0.05) is 12.5 Å². The fourth-order valence-corrected chi connectivity index (χ4v) is 3.70. The maximum absolute atomic E-state index is 12.7. The smallest absolute Gasteiger partial charge is 0.258 e. The van der Waals surface area contributed by atoms with Crippen LogP contribution in [-0.2, 0) is 11.3 Å². The first-order chi connectivity index (χ1) is 12.0. The van der Waals surface area contributed by atoms with Crippen molar-refractivity contribution in [1.82, 2.24) is 14.9 Å². The van der Waals surface area contributed by atoms with Crippen molar-refractivity contribution in [3.8, 4) is 0 Å². The summed E-state index contributed by atoms with van der Waals surface area (Å²) in [5.74, 6) is 1.40. The number of aromatic amines is 1. The molecule has 1 aromatic carbocycles. The summed E-state index contributed by atoms with van der Waals surface area (Å²) in [6.07, 6.45) is 6.68. The zero-order valence-electron chi connectivity index (χ0n) is 15.1. The number of nitrogens with zero attached hydrogens (tertiary/aromatic N) is 2. The molecule has 0 aliphatic heterocycles. The summed E-state index contributed by atoms with van der Waals surface area (Å²) in [5.41, 5.74) is 0.520. The number of benzene rings is 1. The van der Waals surface area contributed by atoms with Gasteiger partial charge < -0.3 is 9.88 Å². The van der Waals surface area contributed by atoms with Gasteiger partial charge in [-0.2, -0.15) is 0 Å². The van der Waals surface area contributed by atoms with Crippen molar-refractivity contribution < 1.29 is 4.79 Å². The molecule has 5 nitrogen and oxygen atoms in total.